The second-order valence-electron chi connectivity index (χ2n) is 3.82. The Kier molecular flexibility index (Phi) is 3.77. The Morgan fingerprint density at radius 2 is 1.86 bits per heavy atom. The molecule has 0 amide bonds. The van der Waals surface area contributed by atoms with Gasteiger partial charge >= 0.3 is 0 Å². The van der Waals surface area contributed by atoms with E-state index in [0.717, 1.165) is 19.3 Å². The zero-order chi connectivity index (χ0) is 10.6. The van der Waals surface area contributed by atoms with Gasteiger partial charge in [-0.1, -0.05) is 18.1 Å². The molecule has 1 aromatic rings. The largest absolute Gasteiger partial charge is 0.0891 e. The van der Waals surface area contributed by atoms with Gasteiger partial charge in [-0.15, -0.1) is 0 Å². The van der Waals surface area contributed by atoms with Crippen LogP contribution in [0, 0.1) is 33.1 Å². The number of benzene rings is 1. The first-order chi connectivity index (χ1) is 6.66. The average Bonchev–Trinajstić information content (AvgIpc) is 2.18. The fraction of sp³-hybridized carbons (Fsp3) is 0.429. The molecule has 0 saturated heterocycles. The molecule has 1 aromatic carbocycles. The quantitative estimate of drug-likeness (QED) is 0.499. The summed E-state index contributed by atoms with van der Waals surface area (Å²) in [5.41, 5.74) is 5.60. The molecule has 0 fully saturated rings. The van der Waals surface area contributed by atoms with Crippen LogP contribution in [0.15, 0.2) is 12.1 Å². The molecule has 0 N–H and O–H groups in total. The molecule has 0 saturated carbocycles. The minimum absolute atomic E-state index is 0.770. The second-order valence-corrected chi connectivity index (χ2v) is 3.82. The van der Waals surface area contributed by atoms with Crippen molar-refractivity contribution in [1.29, 1.82) is 0 Å². The fourth-order valence-corrected chi connectivity index (χ4v) is 1.65. The maximum atomic E-state index is 6.85. The SMILES string of the molecule is [C]#CCCCc1ccc(C)c(C)c1C. The lowest BCUT2D eigenvalue weighted by molar-refractivity contribution is 0.849. The summed E-state index contributed by atoms with van der Waals surface area (Å²) >= 11 is 0. The van der Waals surface area contributed by atoms with Crippen molar-refractivity contribution in [1.82, 2.24) is 0 Å². The van der Waals surface area contributed by atoms with Gasteiger partial charge in [-0.3, -0.25) is 0 Å². The lowest BCUT2D eigenvalue weighted by Gasteiger charge is -2.10. The van der Waals surface area contributed by atoms with Gasteiger partial charge in [0.05, 0.1) is 0 Å². The minimum Gasteiger partial charge on any atom is -0.0891 e. The molecule has 14 heavy (non-hydrogen) atoms. The van der Waals surface area contributed by atoms with Gasteiger partial charge in [-0.2, -0.15) is 0 Å². The van der Waals surface area contributed by atoms with Gasteiger partial charge in [0, 0.05) is 6.42 Å². The van der Waals surface area contributed by atoms with Gasteiger partial charge in [-0.25, -0.2) is 0 Å². The third-order valence-electron chi connectivity index (χ3n) is 2.92. The Morgan fingerprint density at radius 3 is 2.50 bits per heavy atom. The van der Waals surface area contributed by atoms with Gasteiger partial charge in [0.25, 0.3) is 0 Å². The highest BCUT2D eigenvalue weighted by Crippen LogP contribution is 2.18. The van der Waals surface area contributed by atoms with Crippen LogP contribution in [0.5, 0.6) is 0 Å². The summed E-state index contributed by atoms with van der Waals surface area (Å²) in [5.74, 6) is 2.43. The molecule has 0 nitrogen and oxygen atoms in total. The third kappa shape index (κ3) is 2.39. The van der Waals surface area contributed by atoms with Crippen LogP contribution in [-0.2, 0) is 6.42 Å². The highest BCUT2D eigenvalue weighted by atomic mass is 14.1. The van der Waals surface area contributed by atoms with E-state index in [9.17, 15) is 0 Å². The molecule has 1 radical (unpaired) electrons. The van der Waals surface area contributed by atoms with Gasteiger partial charge in [0.1, 0.15) is 0 Å². The summed E-state index contributed by atoms with van der Waals surface area (Å²) in [4.78, 5) is 0. The van der Waals surface area contributed by atoms with E-state index in [1.165, 1.54) is 22.3 Å². The van der Waals surface area contributed by atoms with E-state index < -0.39 is 0 Å². The Morgan fingerprint density at radius 1 is 1.14 bits per heavy atom. The van der Waals surface area contributed by atoms with E-state index in [1.54, 1.807) is 0 Å². The first-order valence-corrected chi connectivity index (χ1v) is 5.12. The zero-order valence-electron chi connectivity index (χ0n) is 9.28. The lowest BCUT2D eigenvalue weighted by Crippen LogP contribution is -1.94. The van der Waals surface area contributed by atoms with Crippen LogP contribution in [0.4, 0.5) is 0 Å². The van der Waals surface area contributed by atoms with Crippen LogP contribution >= 0.6 is 0 Å². The standard InChI is InChI=1S/C14H17/c1-5-6-7-8-14-10-9-11(2)12(3)13(14)4/h9-10H,6-8H2,2-4H3. The second kappa shape index (κ2) is 4.86. The van der Waals surface area contributed by atoms with Gasteiger partial charge in [-0.05, 0) is 62.3 Å². The van der Waals surface area contributed by atoms with Crippen molar-refractivity contribution in [2.75, 3.05) is 0 Å². The summed E-state index contributed by atoms with van der Waals surface area (Å²) in [6.45, 7) is 6.51. The normalized spacial score (nSPS) is 9.86. The van der Waals surface area contributed by atoms with Crippen molar-refractivity contribution in [2.24, 2.45) is 0 Å². The smallest absolute Gasteiger partial charge is 0.0102 e. The molecule has 0 aliphatic rings. The molecule has 0 heteroatoms. The summed E-state index contributed by atoms with van der Waals surface area (Å²) < 4.78 is 0. The highest BCUT2D eigenvalue weighted by Gasteiger charge is 2.02. The Balaban J connectivity index is 2.79. The first-order valence-electron chi connectivity index (χ1n) is 5.12. The molecule has 1 rings (SSSR count). The van der Waals surface area contributed by atoms with Crippen molar-refractivity contribution < 1.29 is 0 Å². The van der Waals surface area contributed by atoms with E-state index in [4.69, 9.17) is 6.42 Å². The molecule has 0 heterocycles. The van der Waals surface area contributed by atoms with Crippen LogP contribution in [0.1, 0.15) is 35.1 Å². The van der Waals surface area contributed by atoms with E-state index in [-0.39, 0.29) is 0 Å². The summed E-state index contributed by atoms with van der Waals surface area (Å²) in [5, 5.41) is 0. The van der Waals surface area contributed by atoms with Gasteiger partial charge in [0.15, 0.2) is 0 Å². The summed E-state index contributed by atoms with van der Waals surface area (Å²) in [6.07, 6.45) is 9.72. The molecule has 0 aliphatic carbocycles. The molecule has 0 bridgehead atoms. The van der Waals surface area contributed by atoms with Gasteiger partial charge < -0.3 is 0 Å². The molecule has 0 unspecified atom stereocenters. The average molecular weight is 185 g/mol. The van der Waals surface area contributed by atoms with Crippen molar-refractivity contribution in [3.63, 3.8) is 0 Å². The van der Waals surface area contributed by atoms with Crippen molar-refractivity contribution in [3.8, 4) is 5.92 Å². The van der Waals surface area contributed by atoms with Crippen LogP contribution < -0.4 is 0 Å². The number of aryl methyl sites for hydroxylation is 2. The minimum atomic E-state index is 0.770. The molecular weight excluding hydrogens is 168 g/mol. The molecule has 0 spiro atoms. The highest BCUT2D eigenvalue weighted by molar-refractivity contribution is 5.38. The maximum Gasteiger partial charge on any atom is 0.0102 e. The number of hydrogen-bond acceptors (Lipinski definition) is 0. The van der Waals surface area contributed by atoms with Crippen LogP contribution in [-0.4, -0.2) is 0 Å². The number of unbranched alkanes of at least 4 members (excludes halogenated alkanes) is 1. The van der Waals surface area contributed by atoms with E-state index in [0.29, 0.717) is 0 Å². The molecule has 0 atom stereocenters. The van der Waals surface area contributed by atoms with Crippen LogP contribution in [0.2, 0.25) is 0 Å². The first kappa shape index (κ1) is 10.9. The van der Waals surface area contributed by atoms with Crippen LogP contribution in [0.25, 0.3) is 0 Å². The fourth-order valence-electron chi connectivity index (χ4n) is 1.65. The third-order valence-corrected chi connectivity index (χ3v) is 2.92. The lowest BCUT2D eigenvalue weighted by atomic mass is 9.96. The Hall–Kier alpha value is -1.22. The Labute approximate surface area is 87.4 Å². The molecule has 0 aliphatic heterocycles. The van der Waals surface area contributed by atoms with Crippen molar-refractivity contribution >= 4 is 0 Å². The van der Waals surface area contributed by atoms with Crippen molar-refractivity contribution in [3.05, 3.63) is 40.8 Å². The zero-order valence-corrected chi connectivity index (χ0v) is 9.28. The maximum absolute atomic E-state index is 6.85. The molecule has 0 aromatic heterocycles. The van der Waals surface area contributed by atoms with Crippen LogP contribution in [0.3, 0.4) is 0 Å². The predicted octanol–water partition coefficient (Wildman–Crippen LogP) is 3.52. The molecular formula is C14H17. The predicted molar refractivity (Wildman–Crippen MR) is 60.7 cm³/mol. The van der Waals surface area contributed by atoms with Crippen molar-refractivity contribution in [2.45, 2.75) is 40.0 Å². The Bertz CT molecular complexity index is 353. The number of rotatable bonds is 3. The number of hydrogen-bond donors (Lipinski definition) is 0. The van der Waals surface area contributed by atoms with E-state index in [2.05, 4.69) is 38.8 Å². The van der Waals surface area contributed by atoms with E-state index in [1.807, 2.05) is 0 Å². The summed E-state index contributed by atoms with van der Waals surface area (Å²) in [6, 6.07) is 4.40. The topological polar surface area (TPSA) is 0 Å². The van der Waals surface area contributed by atoms with E-state index >= 15 is 0 Å². The van der Waals surface area contributed by atoms with Gasteiger partial charge in [0.2, 0.25) is 0 Å². The molecule has 73 valence electrons. The monoisotopic (exact) mass is 185 g/mol. The summed E-state index contributed by atoms with van der Waals surface area (Å²) in [7, 11) is 0.